The fourth-order valence-corrected chi connectivity index (χ4v) is 6.03. The van der Waals surface area contributed by atoms with E-state index in [0.717, 1.165) is 49.9 Å². The van der Waals surface area contributed by atoms with E-state index in [4.69, 9.17) is 0 Å². The maximum atomic E-state index is 3.86. The maximum Gasteiger partial charge on any atom is 0.0101 e. The number of hydrogen-bond acceptors (Lipinski definition) is 2. The Hall–Kier alpha value is -1.64. The summed E-state index contributed by atoms with van der Waals surface area (Å²) in [5.41, 5.74) is 3.41. The molecular formula is C27H38N2. The second-order valence-electron chi connectivity index (χ2n) is 9.93. The first kappa shape index (κ1) is 20.6. The number of hydrogen-bond donors (Lipinski definition) is 2. The van der Waals surface area contributed by atoms with Crippen molar-refractivity contribution in [2.45, 2.75) is 52.0 Å². The first-order chi connectivity index (χ1) is 14.1. The van der Waals surface area contributed by atoms with E-state index >= 15 is 0 Å². The zero-order valence-electron chi connectivity index (χ0n) is 18.4. The zero-order valence-corrected chi connectivity index (χ0v) is 18.4. The lowest BCUT2D eigenvalue weighted by molar-refractivity contribution is -0.114. The van der Waals surface area contributed by atoms with Gasteiger partial charge < -0.3 is 10.6 Å². The highest BCUT2D eigenvalue weighted by Crippen LogP contribution is 2.61. The van der Waals surface area contributed by atoms with E-state index in [9.17, 15) is 0 Å². The molecule has 0 spiro atoms. The van der Waals surface area contributed by atoms with Crippen molar-refractivity contribution >= 4 is 0 Å². The summed E-state index contributed by atoms with van der Waals surface area (Å²) < 4.78 is 0. The van der Waals surface area contributed by atoms with Gasteiger partial charge in [0.2, 0.25) is 0 Å². The van der Waals surface area contributed by atoms with Gasteiger partial charge in [0.25, 0.3) is 0 Å². The number of nitrogens with one attached hydrogen (secondary N) is 2. The van der Waals surface area contributed by atoms with Crippen molar-refractivity contribution in [1.82, 2.24) is 10.6 Å². The highest BCUT2D eigenvalue weighted by Gasteiger charge is 2.55. The molecule has 29 heavy (non-hydrogen) atoms. The molecule has 2 heteroatoms. The summed E-state index contributed by atoms with van der Waals surface area (Å²) in [5.74, 6) is 3.14. The molecule has 0 radical (unpaired) electrons. The predicted molar refractivity (Wildman–Crippen MR) is 123 cm³/mol. The zero-order chi connectivity index (χ0) is 20.3. The molecule has 0 amide bonds. The van der Waals surface area contributed by atoms with Crippen LogP contribution in [0.1, 0.15) is 57.1 Å². The molecule has 2 N–H and O–H groups in total. The van der Waals surface area contributed by atoms with Gasteiger partial charge in [-0.1, -0.05) is 81.4 Å². The summed E-state index contributed by atoms with van der Waals surface area (Å²) in [6.07, 6.45) is 3.96. The van der Waals surface area contributed by atoms with Crippen molar-refractivity contribution < 1.29 is 0 Å². The van der Waals surface area contributed by atoms with Crippen molar-refractivity contribution in [3.05, 3.63) is 71.8 Å². The van der Waals surface area contributed by atoms with Gasteiger partial charge in [-0.25, -0.2) is 0 Å². The molecule has 2 bridgehead atoms. The van der Waals surface area contributed by atoms with E-state index in [1.54, 1.807) is 0 Å². The largest absolute Gasteiger partial charge is 0.315 e. The number of benzene rings is 2. The molecule has 0 aromatic heterocycles. The van der Waals surface area contributed by atoms with Gasteiger partial charge in [0.05, 0.1) is 0 Å². The van der Waals surface area contributed by atoms with Crippen molar-refractivity contribution in [3.63, 3.8) is 0 Å². The minimum absolute atomic E-state index is 0.463. The van der Waals surface area contributed by atoms with Gasteiger partial charge in [-0.05, 0) is 60.1 Å². The van der Waals surface area contributed by atoms with Crippen LogP contribution in [0.3, 0.4) is 0 Å². The summed E-state index contributed by atoms with van der Waals surface area (Å²) in [7, 11) is 0. The molecule has 3 aliphatic rings. The molecule has 4 atom stereocenters. The number of rotatable bonds is 9. The number of fused-ring (bicyclic) bond motifs is 2. The van der Waals surface area contributed by atoms with Crippen molar-refractivity contribution in [2.75, 3.05) is 19.6 Å². The third kappa shape index (κ3) is 4.44. The van der Waals surface area contributed by atoms with Crippen LogP contribution in [0.15, 0.2) is 60.7 Å². The fraction of sp³-hybridized carbons (Fsp3) is 0.556. The van der Waals surface area contributed by atoms with Gasteiger partial charge in [-0.3, -0.25) is 0 Å². The molecule has 0 saturated heterocycles. The van der Waals surface area contributed by atoms with Crippen LogP contribution >= 0.6 is 0 Å². The fourth-order valence-electron chi connectivity index (χ4n) is 6.03. The highest BCUT2D eigenvalue weighted by atomic mass is 15.0. The van der Waals surface area contributed by atoms with Gasteiger partial charge in [-0.2, -0.15) is 0 Å². The summed E-state index contributed by atoms with van der Waals surface area (Å²) in [6.45, 7) is 10.6. The van der Waals surface area contributed by atoms with Crippen molar-refractivity contribution in [2.24, 2.45) is 23.2 Å². The van der Waals surface area contributed by atoms with Gasteiger partial charge in [-0.15, -0.1) is 0 Å². The Balaban J connectivity index is 1.21. The van der Waals surface area contributed by atoms with Gasteiger partial charge >= 0.3 is 0 Å². The second kappa shape index (κ2) is 9.02. The lowest BCUT2D eigenvalue weighted by Crippen LogP contribution is -2.60. The average molecular weight is 391 g/mol. The average Bonchev–Trinajstić information content (AvgIpc) is 2.75. The third-order valence-electron chi connectivity index (χ3n) is 8.08. The molecule has 1 unspecified atom stereocenters. The molecule has 2 nitrogen and oxygen atoms in total. The van der Waals surface area contributed by atoms with Crippen molar-refractivity contribution in [1.29, 1.82) is 0 Å². The molecule has 2 aromatic carbocycles. The maximum absolute atomic E-state index is 3.86. The molecule has 0 aliphatic heterocycles. The van der Waals surface area contributed by atoms with Gasteiger partial charge in [0, 0.05) is 25.0 Å². The standard InChI is InChI=1S/C27H38N2/c1-20-25-18-23(27(25,2)3)19-26(20)29-17-16-28-15-14-24(21-10-6-4-7-11-21)22-12-8-5-9-13-22/h4-13,20,23-26,28-29H,14-19H2,1-3H3/t20-,23?,25-,26-/m1/s1. The van der Waals surface area contributed by atoms with E-state index in [1.165, 1.54) is 24.0 Å². The van der Waals surface area contributed by atoms with Crippen LogP contribution < -0.4 is 10.6 Å². The predicted octanol–water partition coefficient (Wildman–Crippen LogP) is 5.46. The van der Waals surface area contributed by atoms with E-state index in [1.807, 2.05) is 0 Å². The second-order valence-corrected chi connectivity index (χ2v) is 9.93. The van der Waals surface area contributed by atoms with E-state index in [0.29, 0.717) is 11.3 Å². The Labute approximate surface area is 177 Å². The highest BCUT2D eigenvalue weighted by molar-refractivity contribution is 5.32. The Morgan fingerprint density at radius 1 is 0.862 bits per heavy atom. The van der Waals surface area contributed by atoms with Crippen LogP contribution in [-0.4, -0.2) is 25.7 Å². The molecule has 0 heterocycles. The van der Waals surface area contributed by atoms with Crippen LogP contribution in [0.2, 0.25) is 0 Å². The molecule has 156 valence electrons. The summed E-state index contributed by atoms with van der Waals surface area (Å²) in [4.78, 5) is 0. The minimum atomic E-state index is 0.463. The van der Waals surface area contributed by atoms with E-state index in [2.05, 4.69) is 92.1 Å². The van der Waals surface area contributed by atoms with Crippen LogP contribution in [-0.2, 0) is 0 Å². The monoisotopic (exact) mass is 390 g/mol. The molecule has 2 aromatic rings. The van der Waals surface area contributed by atoms with Crippen LogP contribution in [0.5, 0.6) is 0 Å². The minimum Gasteiger partial charge on any atom is -0.315 e. The molecular weight excluding hydrogens is 352 g/mol. The van der Waals surface area contributed by atoms with E-state index in [-0.39, 0.29) is 0 Å². The SMILES string of the molecule is C[C@@H]1[C@H]2CC(C[C@H]1NCCNCCC(c1ccccc1)c1ccccc1)C2(C)C. The van der Waals surface area contributed by atoms with Crippen LogP contribution in [0.25, 0.3) is 0 Å². The van der Waals surface area contributed by atoms with Crippen molar-refractivity contribution in [3.8, 4) is 0 Å². The topological polar surface area (TPSA) is 24.1 Å². The summed E-state index contributed by atoms with van der Waals surface area (Å²) in [6, 6.07) is 22.6. The summed E-state index contributed by atoms with van der Waals surface area (Å²) in [5, 5.41) is 7.54. The lowest BCUT2D eigenvalue weighted by atomic mass is 9.45. The first-order valence-corrected chi connectivity index (χ1v) is 11.6. The molecule has 5 rings (SSSR count). The first-order valence-electron chi connectivity index (χ1n) is 11.6. The lowest BCUT2D eigenvalue weighted by Gasteiger charge is -2.62. The van der Waals surface area contributed by atoms with Gasteiger partial charge in [0.15, 0.2) is 0 Å². The summed E-state index contributed by atoms with van der Waals surface area (Å²) >= 11 is 0. The molecule has 3 aliphatic carbocycles. The Kier molecular flexibility index (Phi) is 6.41. The third-order valence-corrected chi connectivity index (χ3v) is 8.08. The Morgan fingerprint density at radius 2 is 1.48 bits per heavy atom. The quantitative estimate of drug-likeness (QED) is 0.556. The smallest absolute Gasteiger partial charge is 0.0101 e. The van der Waals surface area contributed by atoms with Crippen LogP contribution in [0, 0.1) is 23.2 Å². The van der Waals surface area contributed by atoms with E-state index < -0.39 is 0 Å². The molecule has 3 fully saturated rings. The Morgan fingerprint density at radius 3 is 2.03 bits per heavy atom. The molecule has 3 saturated carbocycles. The van der Waals surface area contributed by atoms with Crippen LogP contribution in [0.4, 0.5) is 0 Å². The Bertz CT molecular complexity index is 715. The normalized spacial score (nSPS) is 27.6. The van der Waals surface area contributed by atoms with Gasteiger partial charge in [0.1, 0.15) is 0 Å².